The molecular weight excluding hydrogens is 849 g/mol. The lowest BCUT2D eigenvalue weighted by atomic mass is 10.1. The number of rotatable bonds is 24. The molecular formula is C47H50N2O12S2. The zero-order chi connectivity index (χ0) is 45.4. The molecule has 0 saturated carbocycles. The fourth-order valence-electron chi connectivity index (χ4n) is 5.55. The van der Waals surface area contributed by atoms with Gasteiger partial charge in [-0.25, -0.2) is 19.2 Å². The standard InChI is InChI=1S/C47H50N2O12S2/c1-56-42-27-32(17-21-40(42)60-44(52)38(23-25-62-3)48-46(54)58-30-34-11-7-5-8-12-34)15-19-36(50)29-37(51)20-16-33-18-22-41(43(28-33)57-2)61-45(53)39(24-26-63-4)49-47(55)59-31-35-13-9-6-10-14-35/h5-22,27-28,38-39H,23-26,29-31H2,1-4H3,(H,48,54)(H,49,55)/b19-15+,20-16+/t38-,39?/m0/s1. The van der Waals surface area contributed by atoms with E-state index in [-0.39, 0.29) is 36.2 Å². The summed E-state index contributed by atoms with van der Waals surface area (Å²) in [5.41, 5.74) is 2.66. The van der Waals surface area contributed by atoms with Gasteiger partial charge in [0.15, 0.2) is 34.6 Å². The average Bonchev–Trinajstić information content (AvgIpc) is 3.30. The Hall–Kier alpha value is -6.52. The predicted molar refractivity (Wildman–Crippen MR) is 243 cm³/mol. The monoisotopic (exact) mass is 898 g/mol. The van der Waals surface area contributed by atoms with Crippen LogP contribution in [0.2, 0.25) is 0 Å². The van der Waals surface area contributed by atoms with Crippen molar-refractivity contribution in [3.8, 4) is 23.0 Å². The number of ketones is 2. The van der Waals surface area contributed by atoms with Crippen LogP contribution in [-0.2, 0) is 41.9 Å². The van der Waals surface area contributed by atoms with Crippen LogP contribution in [0.1, 0.15) is 41.5 Å². The summed E-state index contributed by atoms with van der Waals surface area (Å²) in [5, 5.41) is 5.17. The lowest BCUT2D eigenvalue weighted by molar-refractivity contribution is -0.137. The summed E-state index contributed by atoms with van der Waals surface area (Å²) in [6.45, 7) is 0.0781. The highest BCUT2D eigenvalue weighted by Crippen LogP contribution is 2.30. The number of allylic oxidation sites excluding steroid dienone is 2. The van der Waals surface area contributed by atoms with Crippen molar-refractivity contribution in [3.05, 3.63) is 131 Å². The number of nitrogens with one attached hydrogen (secondary N) is 2. The molecule has 0 aromatic heterocycles. The molecule has 0 heterocycles. The van der Waals surface area contributed by atoms with Gasteiger partial charge in [0.25, 0.3) is 0 Å². The molecule has 2 N–H and O–H groups in total. The number of benzene rings is 4. The molecule has 2 atom stereocenters. The van der Waals surface area contributed by atoms with Gasteiger partial charge in [-0.3, -0.25) is 9.59 Å². The second kappa shape index (κ2) is 26.7. The zero-order valence-electron chi connectivity index (χ0n) is 35.4. The van der Waals surface area contributed by atoms with E-state index in [1.807, 2.05) is 73.2 Å². The van der Waals surface area contributed by atoms with Crippen LogP contribution in [0.3, 0.4) is 0 Å². The van der Waals surface area contributed by atoms with E-state index in [1.54, 1.807) is 24.3 Å². The number of hydrogen-bond donors (Lipinski definition) is 2. The van der Waals surface area contributed by atoms with Gasteiger partial charge in [0.05, 0.1) is 20.6 Å². The van der Waals surface area contributed by atoms with E-state index < -0.39 is 54.2 Å². The van der Waals surface area contributed by atoms with Gasteiger partial charge in [-0.2, -0.15) is 23.5 Å². The smallest absolute Gasteiger partial charge is 0.408 e. The van der Waals surface area contributed by atoms with Gasteiger partial charge in [-0.15, -0.1) is 0 Å². The summed E-state index contributed by atoms with van der Waals surface area (Å²) in [5.74, 6) is -0.583. The number of thioether (sulfide) groups is 2. The molecule has 0 aliphatic rings. The lowest BCUT2D eigenvalue weighted by Crippen LogP contribution is -2.43. The van der Waals surface area contributed by atoms with Crippen molar-refractivity contribution in [3.63, 3.8) is 0 Å². The summed E-state index contributed by atoms with van der Waals surface area (Å²) in [4.78, 5) is 76.8. The molecule has 0 spiro atoms. The number of hydrogen-bond acceptors (Lipinski definition) is 14. The van der Waals surface area contributed by atoms with Gasteiger partial charge in [-0.05, 0) is 95.5 Å². The molecule has 63 heavy (non-hydrogen) atoms. The fraction of sp³-hybridized carbons (Fsp3) is 0.277. The van der Waals surface area contributed by atoms with Gasteiger partial charge >= 0.3 is 24.1 Å². The first kappa shape index (κ1) is 49.1. The molecule has 0 bridgehead atoms. The molecule has 4 rings (SSSR count). The molecule has 0 aliphatic heterocycles. The maximum Gasteiger partial charge on any atom is 0.408 e. The van der Waals surface area contributed by atoms with Crippen molar-refractivity contribution in [2.24, 2.45) is 0 Å². The van der Waals surface area contributed by atoms with E-state index in [1.165, 1.54) is 74.2 Å². The van der Waals surface area contributed by atoms with Gasteiger partial charge in [0.2, 0.25) is 0 Å². The first-order valence-corrected chi connectivity index (χ1v) is 22.4. The molecule has 0 aliphatic carbocycles. The number of methoxy groups -OCH3 is 2. The predicted octanol–water partition coefficient (Wildman–Crippen LogP) is 7.87. The van der Waals surface area contributed by atoms with E-state index >= 15 is 0 Å². The van der Waals surface area contributed by atoms with E-state index in [4.69, 9.17) is 28.4 Å². The third kappa shape index (κ3) is 17.4. The van der Waals surface area contributed by atoms with Gasteiger partial charge in [0.1, 0.15) is 25.3 Å². The minimum absolute atomic E-state index is 0.0391. The molecule has 2 amide bonds. The largest absolute Gasteiger partial charge is 0.493 e. The minimum Gasteiger partial charge on any atom is -0.493 e. The van der Waals surface area contributed by atoms with Crippen LogP contribution < -0.4 is 29.6 Å². The third-order valence-electron chi connectivity index (χ3n) is 8.87. The molecule has 1 unspecified atom stereocenters. The Morgan fingerprint density at radius 2 is 0.952 bits per heavy atom. The normalized spacial score (nSPS) is 11.9. The summed E-state index contributed by atoms with van der Waals surface area (Å²) in [6, 6.07) is 25.6. The number of ether oxygens (including phenoxy) is 6. The SMILES string of the molecule is COc1cc(/C=C/C(=O)CC(=O)/C=C/c2ccc(OC(=O)[C@H](CCSC)NC(=O)OCc3ccccc3)c(OC)c2)ccc1OC(=O)C(CCSC)NC(=O)OCc1ccccc1. The molecule has 332 valence electrons. The van der Waals surface area contributed by atoms with Crippen molar-refractivity contribution in [1.29, 1.82) is 0 Å². The third-order valence-corrected chi connectivity index (χ3v) is 10.2. The first-order valence-electron chi connectivity index (χ1n) is 19.6. The minimum atomic E-state index is -0.985. The van der Waals surface area contributed by atoms with Crippen molar-refractivity contribution in [1.82, 2.24) is 10.6 Å². The number of amides is 2. The summed E-state index contributed by atoms with van der Waals surface area (Å²) in [6.07, 6.45) is 7.93. The number of carbonyl (C=O) groups is 6. The van der Waals surface area contributed by atoms with Gasteiger partial charge in [0, 0.05) is 0 Å². The second-order valence-electron chi connectivity index (χ2n) is 13.5. The number of carbonyl (C=O) groups excluding carboxylic acids is 6. The van der Waals surface area contributed by atoms with Crippen LogP contribution in [0.4, 0.5) is 9.59 Å². The van der Waals surface area contributed by atoms with Crippen molar-refractivity contribution in [2.75, 3.05) is 38.2 Å². The van der Waals surface area contributed by atoms with Crippen molar-refractivity contribution in [2.45, 2.75) is 44.6 Å². The van der Waals surface area contributed by atoms with Crippen LogP contribution >= 0.6 is 23.5 Å². The maximum absolute atomic E-state index is 13.2. The lowest BCUT2D eigenvalue weighted by Gasteiger charge is -2.18. The Morgan fingerprint density at radius 1 is 0.556 bits per heavy atom. The van der Waals surface area contributed by atoms with Crippen LogP contribution in [-0.4, -0.2) is 86.0 Å². The molecule has 4 aromatic rings. The van der Waals surface area contributed by atoms with Crippen molar-refractivity contribution >= 4 is 71.4 Å². The van der Waals surface area contributed by atoms with E-state index in [9.17, 15) is 28.8 Å². The Labute approximate surface area is 375 Å². The number of esters is 2. The van der Waals surface area contributed by atoms with Crippen LogP contribution in [0.15, 0.2) is 109 Å². The van der Waals surface area contributed by atoms with Crippen molar-refractivity contribution < 1.29 is 57.2 Å². The first-order chi connectivity index (χ1) is 30.5. The zero-order valence-corrected chi connectivity index (χ0v) is 37.0. The fourth-order valence-corrected chi connectivity index (χ4v) is 6.50. The van der Waals surface area contributed by atoms with E-state index in [2.05, 4.69) is 10.6 Å². The second-order valence-corrected chi connectivity index (χ2v) is 15.5. The molecule has 0 saturated heterocycles. The summed E-state index contributed by atoms with van der Waals surface area (Å²) < 4.78 is 32.7. The molecule has 14 nitrogen and oxygen atoms in total. The summed E-state index contributed by atoms with van der Waals surface area (Å²) in [7, 11) is 2.79. The highest BCUT2D eigenvalue weighted by molar-refractivity contribution is 7.98. The summed E-state index contributed by atoms with van der Waals surface area (Å²) >= 11 is 3.01. The van der Waals surface area contributed by atoms with Gasteiger partial charge in [-0.1, -0.05) is 84.9 Å². The Bertz CT molecular complexity index is 2060. The van der Waals surface area contributed by atoms with Crippen LogP contribution in [0, 0.1) is 0 Å². The Kier molecular flexibility index (Phi) is 20.9. The topological polar surface area (TPSA) is 182 Å². The molecule has 16 heteroatoms. The highest BCUT2D eigenvalue weighted by atomic mass is 32.2. The molecule has 4 aromatic carbocycles. The van der Waals surface area contributed by atoms with Crippen LogP contribution in [0.25, 0.3) is 12.2 Å². The quantitative estimate of drug-likeness (QED) is 0.0300. The molecule has 0 radical (unpaired) electrons. The average molecular weight is 899 g/mol. The van der Waals surface area contributed by atoms with E-state index in [0.29, 0.717) is 35.5 Å². The van der Waals surface area contributed by atoms with E-state index in [0.717, 1.165) is 11.1 Å². The highest BCUT2D eigenvalue weighted by Gasteiger charge is 2.26. The molecule has 0 fully saturated rings. The maximum atomic E-state index is 13.2. The Balaban J connectivity index is 1.30. The van der Waals surface area contributed by atoms with Crippen LogP contribution in [0.5, 0.6) is 23.0 Å². The number of alkyl carbamates (subject to hydrolysis) is 2. The Morgan fingerprint density at radius 3 is 1.32 bits per heavy atom. The van der Waals surface area contributed by atoms with Gasteiger partial charge < -0.3 is 39.1 Å².